The van der Waals surface area contributed by atoms with Gasteiger partial charge in [0.1, 0.15) is 11.4 Å². The van der Waals surface area contributed by atoms with Gasteiger partial charge in [0.05, 0.1) is 29.8 Å². The average Bonchev–Trinajstić information content (AvgIpc) is 2.50. The van der Waals surface area contributed by atoms with Crippen molar-refractivity contribution in [1.82, 2.24) is 9.97 Å². The fourth-order valence-corrected chi connectivity index (χ4v) is 2.08. The van der Waals surface area contributed by atoms with E-state index in [1.165, 1.54) is 6.21 Å². The van der Waals surface area contributed by atoms with E-state index in [0.717, 1.165) is 41.7 Å². The highest BCUT2D eigenvalue weighted by molar-refractivity contribution is 6.29. The van der Waals surface area contributed by atoms with Crippen LogP contribution in [0, 0.1) is 5.41 Å². The van der Waals surface area contributed by atoms with Crippen molar-refractivity contribution < 1.29 is 10.1 Å². The summed E-state index contributed by atoms with van der Waals surface area (Å²) in [6.07, 6.45) is 5.96. The number of halogens is 1. The van der Waals surface area contributed by atoms with Crippen LogP contribution in [-0.2, 0) is 4.74 Å². The second kappa shape index (κ2) is 7.83. The van der Waals surface area contributed by atoms with Crippen LogP contribution in [0.5, 0.6) is 0 Å². The van der Waals surface area contributed by atoms with Crippen molar-refractivity contribution in [3.63, 3.8) is 0 Å². The number of ether oxygens (including phenoxy) is 1. The predicted molar refractivity (Wildman–Crippen MR) is 84.6 cm³/mol. The molecular weight excluding hydrogens is 288 g/mol. The van der Waals surface area contributed by atoms with Gasteiger partial charge in [0.15, 0.2) is 0 Å². The van der Waals surface area contributed by atoms with Gasteiger partial charge in [-0.15, -0.1) is 0 Å². The van der Waals surface area contributed by atoms with E-state index >= 15 is 0 Å². The second-order valence-electron chi connectivity index (χ2n) is 4.53. The lowest BCUT2D eigenvalue weighted by atomic mass is 10.1. The Balaban J connectivity index is 2.17. The minimum Gasteiger partial charge on any atom is -0.384 e. The number of rotatable bonds is 7. The van der Waals surface area contributed by atoms with E-state index in [1.54, 1.807) is 19.4 Å². The average molecular weight is 306 g/mol. The first-order valence-electron chi connectivity index (χ1n) is 6.70. The Bertz CT molecular complexity index is 657. The van der Waals surface area contributed by atoms with Crippen molar-refractivity contribution in [2.75, 3.05) is 20.3 Å². The molecule has 0 saturated carbocycles. The van der Waals surface area contributed by atoms with E-state index in [0.29, 0.717) is 5.15 Å². The molecule has 0 bridgehead atoms. The van der Waals surface area contributed by atoms with Gasteiger partial charge in [0, 0.05) is 31.5 Å². The first-order chi connectivity index (χ1) is 10.2. The topological polar surface area (TPSA) is 75.5 Å². The number of nitrogens with one attached hydrogen (secondary N) is 1. The summed E-state index contributed by atoms with van der Waals surface area (Å²) in [5, 5.41) is 10.0. The molecule has 0 aliphatic rings. The number of allylic oxidation sites excluding steroid dienone is 1. The number of pyridine rings is 2. The third kappa shape index (κ3) is 4.32. The maximum absolute atomic E-state index is 7.55. The molecular formula is C15H18ClN4O+. The molecule has 2 rings (SSSR count). The molecule has 5 nitrogen and oxygen atoms in total. The van der Waals surface area contributed by atoms with Gasteiger partial charge in [-0.05, 0) is 18.2 Å². The molecule has 0 atom stereocenters. The fourth-order valence-electron chi connectivity index (χ4n) is 1.92. The van der Waals surface area contributed by atoms with Crippen molar-refractivity contribution in [3.05, 3.63) is 41.3 Å². The zero-order valence-electron chi connectivity index (χ0n) is 11.8. The van der Waals surface area contributed by atoms with Gasteiger partial charge in [-0.2, -0.15) is 0 Å². The highest BCUT2D eigenvalue weighted by Gasteiger charge is 2.05. The summed E-state index contributed by atoms with van der Waals surface area (Å²) < 4.78 is 5.00. The van der Waals surface area contributed by atoms with Crippen molar-refractivity contribution in [1.29, 1.82) is 5.41 Å². The molecule has 0 saturated heterocycles. The minimum atomic E-state index is 0.438. The summed E-state index contributed by atoms with van der Waals surface area (Å²) in [7, 11) is 1.69. The van der Waals surface area contributed by atoms with E-state index < -0.39 is 0 Å². The monoisotopic (exact) mass is 305 g/mol. The first-order valence-corrected chi connectivity index (χ1v) is 7.08. The quantitative estimate of drug-likeness (QED) is 0.466. The molecule has 0 unspecified atom stereocenters. The number of quaternary nitrogens is 1. The summed E-state index contributed by atoms with van der Waals surface area (Å²) in [5.74, 6) is 0. The van der Waals surface area contributed by atoms with Crippen LogP contribution >= 0.6 is 11.6 Å². The van der Waals surface area contributed by atoms with E-state index in [2.05, 4.69) is 9.97 Å². The smallest absolute Gasteiger partial charge is 0.129 e. The summed E-state index contributed by atoms with van der Waals surface area (Å²) in [5.41, 5.74) is 3.17. The highest BCUT2D eigenvalue weighted by Crippen LogP contribution is 2.18. The molecule has 110 valence electrons. The van der Waals surface area contributed by atoms with Crippen molar-refractivity contribution >= 4 is 34.4 Å². The first kappa shape index (κ1) is 15.6. The Kier molecular flexibility index (Phi) is 5.80. The molecule has 0 aromatic carbocycles. The zero-order valence-corrected chi connectivity index (χ0v) is 12.6. The number of methoxy groups -OCH3 is 1. The van der Waals surface area contributed by atoms with Crippen molar-refractivity contribution in [3.8, 4) is 0 Å². The molecule has 21 heavy (non-hydrogen) atoms. The van der Waals surface area contributed by atoms with Crippen LogP contribution in [0.15, 0.2) is 30.6 Å². The van der Waals surface area contributed by atoms with E-state index in [1.807, 2.05) is 23.6 Å². The van der Waals surface area contributed by atoms with Gasteiger partial charge in [-0.3, -0.25) is 4.98 Å². The maximum atomic E-state index is 7.55. The highest BCUT2D eigenvalue weighted by atomic mass is 35.5. The summed E-state index contributed by atoms with van der Waals surface area (Å²) in [4.78, 5) is 8.60. The Morgan fingerprint density at radius 1 is 1.43 bits per heavy atom. The molecule has 0 fully saturated rings. The maximum Gasteiger partial charge on any atom is 0.129 e. The van der Waals surface area contributed by atoms with Crippen LogP contribution < -0.4 is 5.32 Å². The Labute approximate surface area is 128 Å². The molecule has 2 aromatic heterocycles. The lowest BCUT2D eigenvalue weighted by Gasteiger charge is -2.03. The number of hydrogen-bond donors (Lipinski definition) is 2. The van der Waals surface area contributed by atoms with E-state index in [9.17, 15) is 0 Å². The Morgan fingerprint density at radius 3 is 3.05 bits per heavy atom. The molecule has 0 aliphatic heterocycles. The van der Waals surface area contributed by atoms with Crippen LogP contribution in [0.3, 0.4) is 0 Å². The number of hydrogen-bond acceptors (Lipinski definition) is 4. The van der Waals surface area contributed by atoms with E-state index in [4.69, 9.17) is 21.7 Å². The van der Waals surface area contributed by atoms with Crippen LogP contribution in [0.2, 0.25) is 5.15 Å². The van der Waals surface area contributed by atoms with Crippen LogP contribution in [-0.4, -0.2) is 36.4 Å². The standard InChI is InChI=1S/C15H17ClN4O/c1-21-6-2-5-18-9-12(8-17)11-7-14-13(19-10-11)3-4-15(16)20-14/h3-4,7-10,17-18H,2,5-6H2,1H3/p+1. The largest absolute Gasteiger partial charge is 0.384 e. The molecule has 0 aliphatic carbocycles. The lowest BCUT2D eigenvalue weighted by Crippen LogP contribution is -2.78. The third-order valence-electron chi connectivity index (χ3n) is 3.01. The second-order valence-corrected chi connectivity index (χ2v) is 4.92. The lowest BCUT2D eigenvalue weighted by molar-refractivity contribution is -0.587. The number of nitrogens with two attached hydrogens (primary N) is 1. The van der Waals surface area contributed by atoms with Gasteiger partial charge in [0.25, 0.3) is 0 Å². The van der Waals surface area contributed by atoms with Crippen LogP contribution in [0.4, 0.5) is 0 Å². The Morgan fingerprint density at radius 2 is 2.29 bits per heavy atom. The molecule has 0 radical (unpaired) electrons. The molecule has 3 N–H and O–H groups in total. The molecule has 2 heterocycles. The van der Waals surface area contributed by atoms with E-state index in [-0.39, 0.29) is 0 Å². The molecule has 0 amide bonds. The Hall–Kier alpha value is -1.82. The molecule has 6 heteroatoms. The summed E-state index contributed by atoms with van der Waals surface area (Å²) >= 11 is 5.90. The fraction of sp³-hybridized carbons (Fsp3) is 0.267. The van der Waals surface area contributed by atoms with Crippen molar-refractivity contribution in [2.24, 2.45) is 0 Å². The summed E-state index contributed by atoms with van der Waals surface area (Å²) in [6.45, 7) is 1.65. The number of aromatic nitrogens is 2. The summed E-state index contributed by atoms with van der Waals surface area (Å²) in [6, 6.07) is 5.45. The normalized spacial score (nSPS) is 11.8. The predicted octanol–water partition coefficient (Wildman–Crippen LogP) is 1.87. The SMILES string of the molecule is COCCC[NH2+]C=C(C=N)c1cnc2ccc(Cl)nc2c1. The molecule has 2 aromatic rings. The van der Waals surface area contributed by atoms with Gasteiger partial charge in [0.2, 0.25) is 0 Å². The third-order valence-corrected chi connectivity index (χ3v) is 3.22. The zero-order chi connectivity index (χ0) is 15.1. The minimum absolute atomic E-state index is 0.438. The number of fused-ring (bicyclic) bond motifs is 1. The van der Waals surface area contributed by atoms with Gasteiger partial charge in [-0.25, -0.2) is 4.98 Å². The van der Waals surface area contributed by atoms with Gasteiger partial charge < -0.3 is 15.5 Å². The van der Waals surface area contributed by atoms with Crippen molar-refractivity contribution in [2.45, 2.75) is 6.42 Å². The molecule has 0 spiro atoms. The number of nitrogens with zero attached hydrogens (tertiary/aromatic N) is 2. The van der Waals surface area contributed by atoms with Gasteiger partial charge in [-0.1, -0.05) is 11.6 Å². The van der Waals surface area contributed by atoms with Crippen LogP contribution in [0.1, 0.15) is 12.0 Å². The van der Waals surface area contributed by atoms with Crippen LogP contribution in [0.25, 0.3) is 16.6 Å². The van der Waals surface area contributed by atoms with Gasteiger partial charge >= 0.3 is 0 Å².